The molecule has 140 valence electrons. The van der Waals surface area contributed by atoms with E-state index < -0.39 is 0 Å². The van der Waals surface area contributed by atoms with E-state index in [2.05, 4.69) is 43.4 Å². The number of aryl methyl sites for hydroxylation is 1. The number of nitrogens with zero attached hydrogens (tertiary/aromatic N) is 2. The number of benzene rings is 1. The van der Waals surface area contributed by atoms with Crippen molar-refractivity contribution in [3.8, 4) is 0 Å². The van der Waals surface area contributed by atoms with Gasteiger partial charge in [0.05, 0.1) is 0 Å². The van der Waals surface area contributed by atoms with E-state index in [4.69, 9.17) is 5.73 Å². The maximum Gasteiger partial charge on any atom is 0.246 e. The molecule has 25 heavy (non-hydrogen) atoms. The average molecular weight is 524 g/mol. The third-order valence-electron chi connectivity index (χ3n) is 4.29. The summed E-state index contributed by atoms with van der Waals surface area (Å²) in [6.07, 6.45) is 2.41. The van der Waals surface area contributed by atoms with E-state index in [1.807, 2.05) is 25.1 Å². The number of likely N-dealkylation sites (N-methyl/N-ethyl adjacent to an activating group) is 1. The van der Waals surface area contributed by atoms with Crippen molar-refractivity contribution in [2.45, 2.75) is 32.7 Å². The van der Waals surface area contributed by atoms with E-state index in [0.717, 1.165) is 35.4 Å². The van der Waals surface area contributed by atoms with Crippen molar-refractivity contribution < 1.29 is 4.79 Å². The summed E-state index contributed by atoms with van der Waals surface area (Å²) in [5.74, 6) is 0.135. The van der Waals surface area contributed by atoms with E-state index in [1.165, 1.54) is 12.8 Å². The van der Waals surface area contributed by atoms with Gasteiger partial charge >= 0.3 is 0 Å². The van der Waals surface area contributed by atoms with Gasteiger partial charge < -0.3 is 16.4 Å². The molecule has 0 saturated carbocycles. The van der Waals surface area contributed by atoms with E-state index in [0.29, 0.717) is 12.0 Å². The smallest absolute Gasteiger partial charge is 0.246 e. The van der Waals surface area contributed by atoms with Crippen LogP contribution in [0.3, 0.4) is 0 Å². The Hall–Kier alpha value is -0.870. The van der Waals surface area contributed by atoms with Gasteiger partial charge in [-0.3, -0.25) is 9.69 Å². The van der Waals surface area contributed by atoms with Crippen LogP contribution in [0.4, 0.5) is 5.69 Å². The van der Waals surface area contributed by atoms with Gasteiger partial charge in [0.1, 0.15) is 6.54 Å². The summed E-state index contributed by atoms with van der Waals surface area (Å²) >= 11 is 3.40. The third-order valence-corrected chi connectivity index (χ3v) is 4.78. The maximum atomic E-state index is 12.0. The van der Waals surface area contributed by atoms with Crippen LogP contribution in [0.5, 0.6) is 0 Å². The van der Waals surface area contributed by atoms with Crippen LogP contribution in [-0.2, 0) is 4.79 Å². The van der Waals surface area contributed by atoms with Crippen molar-refractivity contribution in [2.75, 3.05) is 31.5 Å². The SMILES string of the molecule is CCN1CCCC1CNC(N)=NCC(=O)Nc1cc(Br)ccc1C.I. The first kappa shape index (κ1) is 22.2. The number of amides is 1. The number of carbonyl (C=O) groups excluding carboxylic acids is 1. The van der Waals surface area contributed by atoms with Gasteiger partial charge in [0.15, 0.2) is 5.96 Å². The predicted molar refractivity (Wildman–Crippen MR) is 118 cm³/mol. The van der Waals surface area contributed by atoms with Crippen molar-refractivity contribution in [1.82, 2.24) is 10.2 Å². The molecule has 1 atom stereocenters. The summed E-state index contributed by atoms with van der Waals surface area (Å²) in [4.78, 5) is 18.6. The number of hydrogen-bond acceptors (Lipinski definition) is 3. The van der Waals surface area contributed by atoms with E-state index in [9.17, 15) is 4.79 Å². The first-order valence-corrected chi connectivity index (χ1v) is 9.12. The molecule has 6 nitrogen and oxygen atoms in total. The minimum absolute atomic E-state index is 0. The highest BCUT2D eigenvalue weighted by Gasteiger charge is 2.22. The third kappa shape index (κ3) is 7.10. The van der Waals surface area contributed by atoms with Crippen LogP contribution in [-0.4, -0.2) is 49.0 Å². The summed E-state index contributed by atoms with van der Waals surface area (Å²) in [6, 6.07) is 6.26. The number of carbonyl (C=O) groups is 1. The van der Waals surface area contributed by atoms with Crippen molar-refractivity contribution >= 4 is 57.5 Å². The Morgan fingerprint density at radius 1 is 1.48 bits per heavy atom. The molecule has 1 unspecified atom stereocenters. The minimum Gasteiger partial charge on any atom is -0.370 e. The molecule has 1 aromatic rings. The zero-order chi connectivity index (χ0) is 17.5. The Morgan fingerprint density at radius 3 is 2.96 bits per heavy atom. The molecule has 1 amide bonds. The lowest BCUT2D eigenvalue weighted by Gasteiger charge is -2.23. The van der Waals surface area contributed by atoms with Crippen molar-refractivity contribution in [2.24, 2.45) is 10.7 Å². The first-order valence-electron chi connectivity index (χ1n) is 8.33. The second kappa shape index (κ2) is 11.0. The van der Waals surface area contributed by atoms with E-state index in [1.54, 1.807) is 0 Å². The predicted octanol–water partition coefficient (Wildman–Crippen LogP) is 2.70. The molecule has 1 aromatic carbocycles. The summed E-state index contributed by atoms with van der Waals surface area (Å²) in [7, 11) is 0. The van der Waals surface area contributed by atoms with Gasteiger partial charge in [-0.15, -0.1) is 24.0 Å². The molecule has 0 bridgehead atoms. The lowest BCUT2D eigenvalue weighted by atomic mass is 10.2. The molecule has 0 aromatic heterocycles. The molecule has 0 aliphatic carbocycles. The maximum absolute atomic E-state index is 12.0. The molecule has 1 heterocycles. The van der Waals surface area contributed by atoms with Gasteiger partial charge in [-0.25, -0.2) is 4.99 Å². The number of nitrogens with two attached hydrogens (primary N) is 1. The zero-order valence-electron chi connectivity index (χ0n) is 14.7. The second-order valence-corrected chi connectivity index (χ2v) is 6.93. The number of halogens is 2. The Bertz CT molecular complexity index is 611. The summed E-state index contributed by atoms with van der Waals surface area (Å²) in [6.45, 7) is 7.10. The molecular weight excluding hydrogens is 497 g/mol. The topological polar surface area (TPSA) is 82.8 Å². The van der Waals surface area contributed by atoms with Gasteiger partial charge in [0.2, 0.25) is 5.91 Å². The van der Waals surface area contributed by atoms with Crippen molar-refractivity contribution in [3.05, 3.63) is 28.2 Å². The van der Waals surface area contributed by atoms with Gasteiger partial charge in [-0.1, -0.05) is 28.9 Å². The van der Waals surface area contributed by atoms with Crippen LogP contribution < -0.4 is 16.4 Å². The van der Waals surface area contributed by atoms with Crippen LogP contribution in [0.25, 0.3) is 0 Å². The van der Waals surface area contributed by atoms with Gasteiger partial charge in [0, 0.05) is 22.7 Å². The molecule has 0 spiro atoms. The van der Waals surface area contributed by atoms with Crippen molar-refractivity contribution in [1.29, 1.82) is 0 Å². The average Bonchev–Trinajstić information content (AvgIpc) is 3.02. The first-order chi connectivity index (χ1) is 11.5. The quantitative estimate of drug-likeness (QED) is 0.304. The molecule has 1 aliphatic heterocycles. The highest BCUT2D eigenvalue weighted by molar-refractivity contribution is 14.0. The fourth-order valence-corrected chi connectivity index (χ4v) is 3.26. The molecule has 8 heteroatoms. The standard InChI is InChI=1S/C17H26BrN5O.HI/c1-3-23-8-4-5-14(23)10-20-17(19)21-11-16(24)22-15-9-13(18)7-6-12(15)2;/h6-7,9,14H,3-5,8,10-11H2,1-2H3,(H,22,24)(H3,19,20,21);1H. The summed E-state index contributed by atoms with van der Waals surface area (Å²) in [5.41, 5.74) is 7.65. The fourth-order valence-electron chi connectivity index (χ4n) is 2.90. The van der Waals surface area contributed by atoms with Crippen LogP contribution >= 0.6 is 39.9 Å². The lowest BCUT2D eigenvalue weighted by Crippen LogP contribution is -2.43. The molecular formula is C17H27BrIN5O. The Labute approximate surface area is 175 Å². The molecule has 2 rings (SSSR count). The Kier molecular flexibility index (Phi) is 9.73. The largest absolute Gasteiger partial charge is 0.370 e. The van der Waals surface area contributed by atoms with Crippen LogP contribution in [0, 0.1) is 6.92 Å². The number of likely N-dealkylation sites (tertiary alicyclic amines) is 1. The number of rotatable bonds is 6. The number of guanidine groups is 1. The molecule has 0 radical (unpaired) electrons. The highest BCUT2D eigenvalue weighted by atomic mass is 127. The van der Waals surface area contributed by atoms with E-state index >= 15 is 0 Å². The summed E-state index contributed by atoms with van der Waals surface area (Å²) < 4.78 is 0.921. The number of hydrogen-bond donors (Lipinski definition) is 3. The fraction of sp³-hybridized carbons (Fsp3) is 0.529. The lowest BCUT2D eigenvalue weighted by molar-refractivity contribution is -0.114. The second-order valence-electron chi connectivity index (χ2n) is 6.01. The van der Waals surface area contributed by atoms with Crippen LogP contribution in [0.2, 0.25) is 0 Å². The molecule has 4 N–H and O–H groups in total. The van der Waals surface area contributed by atoms with Gasteiger partial charge in [0.25, 0.3) is 0 Å². The normalized spacial score (nSPS) is 17.9. The highest BCUT2D eigenvalue weighted by Crippen LogP contribution is 2.20. The number of anilines is 1. The Balaban J connectivity index is 0.00000312. The van der Waals surface area contributed by atoms with Gasteiger partial charge in [-0.05, 0) is 50.6 Å². The van der Waals surface area contributed by atoms with Gasteiger partial charge in [-0.2, -0.15) is 0 Å². The number of nitrogens with one attached hydrogen (secondary N) is 2. The molecule has 1 saturated heterocycles. The summed E-state index contributed by atoms with van der Waals surface area (Å²) in [5, 5.41) is 5.98. The monoisotopic (exact) mass is 523 g/mol. The van der Waals surface area contributed by atoms with Crippen LogP contribution in [0.15, 0.2) is 27.7 Å². The van der Waals surface area contributed by atoms with Crippen molar-refractivity contribution in [3.63, 3.8) is 0 Å². The Morgan fingerprint density at radius 2 is 2.24 bits per heavy atom. The zero-order valence-corrected chi connectivity index (χ0v) is 18.6. The molecule has 1 fully saturated rings. The molecule has 1 aliphatic rings. The van der Waals surface area contributed by atoms with E-state index in [-0.39, 0.29) is 36.4 Å². The minimum atomic E-state index is -0.183. The number of aliphatic imine (C=N–C) groups is 1. The van der Waals surface area contributed by atoms with Crippen LogP contribution in [0.1, 0.15) is 25.3 Å².